The summed E-state index contributed by atoms with van der Waals surface area (Å²) < 4.78 is 6.69. The molecule has 0 radical (unpaired) electrons. The van der Waals surface area contributed by atoms with Gasteiger partial charge in [-0.05, 0) is 43.9 Å². The van der Waals surface area contributed by atoms with E-state index < -0.39 is 0 Å². The van der Waals surface area contributed by atoms with Crippen LogP contribution in [0.1, 0.15) is 32.1 Å². The van der Waals surface area contributed by atoms with Crippen molar-refractivity contribution in [3.8, 4) is 5.75 Å². The van der Waals surface area contributed by atoms with Crippen molar-refractivity contribution in [1.29, 1.82) is 0 Å². The summed E-state index contributed by atoms with van der Waals surface area (Å²) in [5.74, 6) is 1.12. The maximum Gasteiger partial charge on any atom is 0.222 e. The summed E-state index contributed by atoms with van der Waals surface area (Å²) in [6, 6.07) is 8.93. The van der Waals surface area contributed by atoms with E-state index in [1.165, 1.54) is 12.8 Å². The van der Waals surface area contributed by atoms with Crippen LogP contribution in [0.25, 0.3) is 0 Å². The third-order valence-corrected chi connectivity index (χ3v) is 4.97. The summed E-state index contributed by atoms with van der Waals surface area (Å²) in [4.78, 5) is 14.4. The second-order valence-corrected chi connectivity index (χ2v) is 7.09. The first-order valence-electron chi connectivity index (χ1n) is 8.13. The van der Waals surface area contributed by atoms with Crippen LogP contribution in [-0.4, -0.2) is 42.6 Å². The van der Waals surface area contributed by atoms with E-state index in [9.17, 15) is 4.79 Å². The normalized spacial score (nSPS) is 23.1. The quantitative estimate of drug-likeness (QED) is 0.766. The molecule has 1 aromatic rings. The molecule has 0 spiro atoms. The Kier molecular flexibility index (Phi) is 7.18. The van der Waals surface area contributed by atoms with Gasteiger partial charge >= 0.3 is 0 Å². The van der Waals surface area contributed by atoms with E-state index in [0.717, 1.165) is 36.2 Å². The Hall–Kier alpha value is -0.780. The highest BCUT2D eigenvalue weighted by Crippen LogP contribution is 2.21. The second kappa shape index (κ2) is 8.90. The number of halogens is 2. The first-order chi connectivity index (χ1) is 10.7. The van der Waals surface area contributed by atoms with Crippen molar-refractivity contribution in [2.45, 2.75) is 44.2 Å². The maximum absolute atomic E-state index is 12.3. The molecule has 2 aliphatic heterocycles. The highest BCUT2D eigenvalue weighted by atomic mass is 79.9. The average molecular weight is 404 g/mol. The lowest BCUT2D eigenvalue weighted by Crippen LogP contribution is -2.39. The van der Waals surface area contributed by atoms with E-state index in [2.05, 4.69) is 21.2 Å². The summed E-state index contributed by atoms with van der Waals surface area (Å²) >= 11 is 3.42. The number of hydrogen-bond acceptors (Lipinski definition) is 3. The molecule has 3 rings (SSSR count). The van der Waals surface area contributed by atoms with Gasteiger partial charge in [-0.15, -0.1) is 12.4 Å². The number of amides is 1. The van der Waals surface area contributed by atoms with Gasteiger partial charge in [0.25, 0.3) is 0 Å². The molecule has 23 heavy (non-hydrogen) atoms. The third kappa shape index (κ3) is 5.37. The smallest absolute Gasteiger partial charge is 0.222 e. The van der Waals surface area contributed by atoms with Crippen LogP contribution in [0.4, 0.5) is 0 Å². The highest BCUT2D eigenvalue weighted by molar-refractivity contribution is 9.10. The maximum atomic E-state index is 12.3. The third-order valence-electron chi connectivity index (χ3n) is 4.48. The number of ether oxygens (including phenoxy) is 1. The molecule has 2 unspecified atom stereocenters. The van der Waals surface area contributed by atoms with Crippen molar-refractivity contribution in [3.63, 3.8) is 0 Å². The lowest BCUT2D eigenvalue weighted by atomic mass is 10.1. The lowest BCUT2D eigenvalue weighted by Gasteiger charge is -2.24. The minimum atomic E-state index is 0. The SMILES string of the molecule is Cl.O=C(CCCOc1cccc(Br)c1)N1CCC2CCC(C1)N2. The van der Waals surface area contributed by atoms with Crippen molar-refractivity contribution in [1.82, 2.24) is 10.2 Å². The number of carbonyl (C=O) groups excluding carboxylic acids is 1. The molecule has 1 aromatic carbocycles. The predicted molar refractivity (Wildman–Crippen MR) is 97.3 cm³/mol. The van der Waals surface area contributed by atoms with Gasteiger partial charge in [-0.25, -0.2) is 0 Å². The van der Waals surface area contributed by atoms with E-state index >= 15 is 0 Å². The van der Waals surface area contributed by atoms with E-state index in [1.54, 1.807) is 0 Å². The number of hydrogen-bond donors (Lipinski definition) is 1. The minimum absolute atomic E-state index is 0. The Morgan fingerprint density at radius 1 is 1.30 bits per heavy atom. The Morgan fingerprint density at radius 2 is 2.13 bits per heavy atom. The molecule has 0 aromatic heterocycles. The monoisotopic (exact) mass is 402 g/mol. The van der Waals surface area contributed by atoms with Gasteiger partial charge in [-0.3, -0.25) is 4.79 Å². The Balaban J connectivity index is 0.00000192. The molecule has 2 atom stereocenters. The topological polar surface area (TPSA) is 41.6 Å². The Bertz CT molecular complexity index is 529. The van der Waals surface area contributed by atoms with Gasteiger partial charge in [-0.1, -0.05) is 22.0 Å². The summed E-state index contributed by atoms with van der Waals surface area (Å²) in [5.41, 5.74) is 0. The first kappa shape index (κ1) is 18.6. The van der Waals surface area contributed by atoms with Crippen molar-refractivity contribution in [3.05, 3.63) is 28.7 Å². The molecular formula is C17H24BrClN2O2. The molecule has 2 bridgehead atoms. The van der Waals surface area contributed by atoms with Crippen molar-refractivity contribution >= 4 is 34.2 Å². The molecule has 1 N–H and O–H groups in total. The van der Waals surface area contributed by atoms with Gasteiger partial charge in [0, 0.05) is 36.1 Å². The molecule has 2 heterocycles. The largest absolute Gasteiger partial charge is 0.494 e. The number of fused-ring (bicyclic) bond motifs is 2. The van der Waals surface area contributed by atoms with Crippen molar-refractivity contribution in [2.75, 3.05) is 19.7 Å². The minimum Gasteiger partial charge on any atom is -0.494 e. The van der Waals surface area contributed by atoms with Crippen LogP contribution in [0, 0.1) is 0 Å². The zero-order valence-electron chi connectivity index (χ0n) is 13.2. The number of benzene rings is 1. The van der Waals surface area contributed by atoms with E-state index in [-0.39, 0.29) is 18.3 Å². The Labute approximate surface area is 152 Å². The number of carbonyl (C=O) groups is 1. The number of nitrogens with zero attached hydrogens (tertiary/aromatic N) is 1. The molecule has 128 valence electrons. The number of likely N-dealkylation sites (tertiary alicyclic amines) is 1. The molecule has 6 heteroatoms. The van der Waals surface area contributed by atoms with Gasteiger partial charge < -0.3 is 15.0 Å². The highest BCUT2D eigenvalue weighted by Gasteiger charge is 2.30. The second-order valence-electron chi connectivity index (χ2n) is 6.18. The molecule has 4 nitrogen and oxygen atoms in total. The average Bonchev–Trinajstić information content (AvgIpc) is 2.83. The molecular weight excluding hydrogens is 380 g/mol. The van der Waals surface area contributed by atoms with Crippen LogP contribution in [0.5, 0.6) is 5.75 Å². The molecule has 2 aliphatic rings. The standard InChI is InChI=1S/C17H23BrN2O2.ClH/c18-13-3-1-4-16(11-13)22-10-2-5-17(21)20-9-8-14-6-7-15(12-20)19-14;/h1,3-4,11,14-15,19H,2,5-10,12H2;1H. The van der Waals surface area contributed by atoms with E-state index in [1.807, 2.05) is 29.2 Å². The van der Waals surface area contributed by atoms with E-state index in [0.29, 0.717) is 25.1 Å². The molecule has 2 fully saturated rings. The van der Waals surface area contributed by atoms with Crippen molar-refractivity contribution < 1.29 is 9.53 Å². The number of nitrogens with one attached hydrogen (secondary N) is 1. The van der Waals surface area contributed by atoms with Gasteiger partial charge in [-0.2, -0.15) is 0 Å². The molecule has 1 amide bonds. The summed E-state index contributed by atoms with van der Waals surface area (Å²) in [6.07, 6.45) is 4.92. The first-order valence-corrected chi connectivity index (χ1v) is 8.92. The zero-order valence-corrected chi connectivity index (χ0v) is 15.6. The Morgan fingerprint density at radius 3 is 2.96 bits per heavy atom. The molecule has 0 aliphatic carbocycles. The van der Waals surface area contributed by atoms with Crippen LogP contribution in [0.3, 0.4) is 0 Å². The fourth-order valence-electron chi connectivity index (χ4n) is 3.30. The van der Waals surface area contributed by atoms with Gasteiger partial charge in [0.15, 0.2) is 0 Å². The van der Waals surface area contributed by atoms with Crippen molar-refractivity contribution in [2.24, 2.45) is 0 Å². The molecule has 0 saturated carbocycles. The fourth-order valence-corrected chi connectivity index (χ4v) is 3.68. The van der Waals surface area contributed by atoms with Crippen LogP contribution in [0.15, 0.2) is 28.7 Å². The fraction of sp³-hybridized carbons (Fsp3) is 0.588. The van der Waals surface area contributed by atoms with Gasteiger partial charge in [0.1, 0.15) is 5.75 Å². The van der Waals surface area contributed by atoms with Crippen LogP contribution in [-0.2, 0) is 4.79 Å². The summed E-state index contributed by atoms with van der Waals surface area (Å²) in [7, 11) is 0. The zero-order chi connectivity index (χ0) is 15.4. The van der Waals surface area contributed by atoms with Crippen LogP contribution >= 0.6 is 28.3 Å². The summed E-state index contributed by atoms with van der Waals surface area (Å²) in [6.45, 7) is 2.36. The summed E-state index contributed by atoms with van der Waals surface area (Å²) in [5, 5.41) is 3.61. The lowest BCUT2D eigenvalue weighted by molar-refractivity contribution is -0.131. The van der Waals surface area contributed by atoms with Crippen LogP contribution < -0.4 is 10.1 Å². The predicted octanol–water partition coefficient (Wildman–Crippen LogP) is 3.38. The van der Waals surface area contributed by atoms with Gasteiger partial charge in [0.2, 0.25) is 5.91 Å². The van der Waals surface area contributed by atoms with Gasteiger partial charge in [0.05, 0.1) is 6.61 Å². The number of rotatable bonds is 5. The molecule has 2 saturated heterocycles. The van der Waals surface area contributed by atoms with E-state index in [4.69, 9.17) is 4.74 Å². The van der Waals surface area contributed by atoms with Crippen LogP contribution in [0.2, 0.25) is 0 Å².